The molecule has 5 heteroatoms. The third-order valence-corrected chi connectivity index (χ3v) is 0. The topological polar surface area (TPSA) is 92.5 Å². The van der Waals surface area contributed by atoms with Crippen molar-refractivity contribution in [1.29, 1.82) is 0 Å². The number of hydrogen-bond acceptors (Lipinski definition) is 4. The fourth-order valence-electron chi connectivity index (χ4n) is 0. The Kier molecular flexibility index (Phi) is 71.3. The minimum absolute atomic E-state index is 0. The van der Waals surface area contributed by atoms with E-state index in [1.807, 2.05) is 0 Å². The molecule has 0 amide bonds. The quantitative estimate of drug-likeness (QED) is 0.144. The lowest BCUT2D eigenvalue weighted by atomic mass is 10.5. The monoisotopic (exact) mass is 77.1 g/mol. The van der Waals surface area contributed by atoms with Crippen LogP contribution in [0.5, 0.6) is 0 Å². The molecule has 0 atom stereocenters. The Labute approximate surface area is 30.7 Å². The fraction of sp³-hybridized carbons (Fsp3) is 0. The Hall–Kier alpha value is -0.0951. The summed E-state index contributed by atoms with van der Waals surface area (Å²) < 4.78 is 0. The molecular formula is H6BN2O2. The first-order valence-electron chi connectivity index (χ1n) is 0.850. The van der Waals surface area contributed by atoms with Crippen molar-refractivity contribution in [3.05, 3.63) is 0 Å². The van der Waals surface area contributed by atoms with Crippen LogP contribution in [0.2, 0.25) is 0 Å². The van der Waals surface area contributed by atoms with Gasteiger partial charge in [0.15, 0.2) is 0 Å². The van der Waals surface area contributed by atoms with E-state index in [-0.39, 0.29) is 7.69 Å². The number of rotatable bonds is 0. The van der Waals surface area contributed by atoms with Gasteiger partial charge in [0.1, 0.15) is 0 Å². The highest BCUT2D eigenvalue weighted by atomic mass is 16.4. The zero-order chi connectivity index (χ0) is 4.71. The van der Waals surface area contributed by atoms with Crippen molar-refractivity contribution >= 4 is 7.69 Å². The average Bonchev–Trinajstić information content (AvgIpc) is 1.46. The molecule has 0 spiro atoms. The summed E-state index contributed by atoms with van der Waals surface area (Å²) in [4.78, 5) is 0. The maximum absolute atomic E-state index is 7.00. The zero-order valence-corrected chi connectivity index (χ0v) is 2.63. The molecule has 0 heterocycles. The van der Waals surface area contributed by atoms with E-state index >= 15 is 0 Å². The molecule has 0 bridgehead atoms. The molecule has 0 aliphatic rings. The normalized spacial score (nSPS) is 4.00. The van der Waals surface area contributed by atoms with Crippen LogP contribution in [0.25, 0.3) is 0 Å². The largest absolute Gasteiger partial charge is 0.482 e. The van der Waals surface area contributed by atoms with Crippen LogP contribution in [0, 0.1) is 0 Å². The Morgan fingerprint density at radius 2 is 1.20 bits per heavy atom. The molecule has 0 rings (SSSR count). The minimum Gasteiger partial charge on any atom is -0.429 e. The van der Waals surface area contributed by atoms with Crippen LogP contribution in [-0.2, 0) is 0 Å². The van der Waals surface area contributed by atoms with E-state index in [0.717, 1.165) is 0 Å². The lowest BCUT2D eigenvalue weighted by Crippen LogP contribution is -2.02. The summed E-state index contributed by atoms with van der Waals surface area (Å²) in [7, 11) is 0. The second-order valence-corrected chi connectivity index (χ2v) is 0.115. The smallest absolute Gasteiger partial charge is 0.429 e. The second-order valence-electron chi connectivity index (χ2n) is 0.115. The van der Waals surface area contributed by atoms with Crippen molar-refractivity contribution in [2.45, 2.75) is 0 Å². The molecule has 6 N–H and O–H groups in total. The molecule has 5 heavy (non-hydrogen) atoms. The van der Waals surface area contributed by atoms with Gasteiger partial charge < -0.3 is 10.0 Å². The maximum atomic E-state index is 7.00. The van der Waals surface area contributed by atoms with Gasteiger partial charge in [0.05, 0.1) is 0 Å². The van der Waals surface area contributed by atoms with Crippen LogP contribution >= 0.6 is 0 Å². The number of nitrogens with two attached hydrogens (primary N) is 2. The fourth-order valence-corrected chi connectivity index (χ4v) is 0. The minimum atomic E-state index is 0. The summed E-state index contributed by atoms with van der Waals surface area (Å²) in [5, 5.41) is 14.0. The van der Waals surface area contributed by atoms with Crippen molar-refractivity contribution < 1.29 is 10.0 Å². The van der Waals surface area contributed by atoms with Crippen LogP contribution in [0.1, 0.15) is 0 Å². The van der Waals surface area contributed by atoms with Crippen molar-refractivity contribution in [1.82, 2.24) is 0 Å². The number of hydrogen-bond donors (Lipinski definition) is 4. The van der Waals surface area contributed by atoms with Gasteiger partial charge in [0.25, 0.3) is 0 Å². The van der Waals surface area contributed by atoms with E-state index in [1.54, 1.807) is 0 Å². The van der Waals surface area contributed by atoms with Crippen LogP contribution in [-0.4, -0.2) is 17.7 Å². The second kappa shape index (κ2) is 40.2. The molecule has 0 aromatic heterocycles. The first-order chi connectivity index (χ1) is 2.41. The average molecular weight is 76.9 g/mol. The van der Waals surface area contributed by atoms with Gasteiger partial charge in [0, 0.05) is 0 Å². The highest BCUT2D eigenvalue weighted by Crippen LogP contribution is 1.08. The Bertz CT molecular complexity index is 7.61. The molecule has 0 aliphatic heterocycles. The van der Waals surface area contributed by atoms with Gasteiger partial charge in [-0.25, -0.2) is 0 Å². The maximum Gasteiger partial charge on any atom is 0.482 e. The molecule has 0 fully saturated rings. The molecule has 0 aromatic rings. The lowest BCUT2D eigenvalue weighted by Gasteiger charge is -1.46. The summed E-state index contributed by atoms with van der Waals surface area (Å²) in [5.74, 6) is 8.00. The Balaban J connectivity index is 0. The van der Waals surface area contributed by atoms with Crippen molar-refractivity contribution in [2.24, 2.45) is 11.7 Å². The Morgan fingerprint density at radius 3 is 1.20 bits per heavy atom. The Morgan fingerprint density at radius 1 is 1.20 bits per heavy atom. The van der Waals surface area contributed by atoms with Gasteiger partial charge in [-0.1, -0.05) is 0 Å². The molecule has 31 valence electrons. The molecule has 4 nitrogen and oxygen atoms in total. The van der Waals surface area contributed by atoms with Gasteiger partial charge in [-0.3, -0.25) is 11.7 Å². The van der Waals surface area contributed by atoms with Gasteiger partial charge in [0.2, 0.25) is 0 Å². The molecule has 1 radical (unpaired) electrons. The SMILES string of the molecule is NN.O[B]O. The predicted molar refractivity (Wildman–Crippen MR) is 18.6 cm³/mol. The van der Waals surface area contributed by atoms with Gasteiger partial charge in [-0.05, 0) is 0 Å². The molecule has 0 aromatic carbocycles. The third-order valence-electron chi connectivity index (χ3n) is 0. The summed E-state index contributed by atoms with van der Waals surface area (Å²) in [6.07, 6.45) is 0. The van der Waals surface area contributed by atoms with Crippen LogP contribution in [0.3, 0.4) is 0 Å². The summed E-state index contributed by atoms with van der Waals surface area (Å²) in [6, 6.07) is 0. The van der Waals surface area contributed by atoms with E-state index in [1.165, 1.54) is 0 Å². The van der Waals surface area contributed by atoms with E-state index < -0.39 is 0 Å². The lowest BCUT2D eigenvalue weighted by molar-refractivity contribution is 0.448. The van der Waals surface area contributed by atoms with Crippen LogP contribution in [0.15, 0.2) is 0 Å². The van der Waals surface area contributed by atoms with E-state index in [0.29, 0.717) is 0 Å². The molecule has 0 saturated carbocycles. The summed E-state index contributed by atoms with van der Waals surface area (Å²) in [6.45, 7) is 0. The molecule has 0 unspecified atom stereocenters. The van der Waals surface area contributed by atoms with E-state index in [2.05, 4.69) is 11.7 Å². The summed E-state index contributed by atoms with van der Waals surface area (Å²) in [5.41, 5.74) is 0. The molecule has 0 saturated heterocycles. The highest BCUT2D eigenvalue weighted by molar-refractivity contribution is 6.13. The van der Waals surface area contributed by atoms with Crippen LogP contribution < -0.4 is 11.7 Å². The molecular weight excluding hydrogens is 70.8 g/mol. The first kappa shape index (κ1) is 8.86. The van der Waals surface area contributed by atoms with E-state index in [9.17, 15) is 0 Å². The number of hydrazine groups is 1. The van der Waals surface area contributed by atoms with Gasteiger partial charge >= 0.3 is 7.69 Å². The summed E-state index contributed by atoms with van der Waals surface area (Å²) >= 11 is 0. The molecule has 0 aliphatic carbocycles. The first-order valence-corrected chi connectivity index (χ1v) is 0.850. The van der Waals surface area contributed by atoms with Crippen molar-refractivity contribution in [3.8, 4) is 0 Å². The highest BCUT2D eigenvalue weighted by Gasteiger charge is 1.51. The van der Waals surface area contributed by atoms with Crippen LogP contribution in [0.4, 0.5) is 0 Å². The standard InChI is InChI=1S/BH2O2.H4N2/c2-1-3;1-2/h2-3H;1-2H2. The third kappa shape index (κ3) is 1570. The van der Waals surface area contributed by atoms with E-state index in [4.69, 9.17) is 10.0 Å². The van der Waals surface area contributed by atoms with Crippen molar-refractivity contribution in [3.63, 3.8) is 0 Å². The zero-order valence-electron chi connectivity index (χ0n) is 2.63. The van der Waals surface area contributed by atoms with Crippen molar-refractivity contribution in [2.75, 3.05) is 0 Å². The predicted octanol–water partition coefficient (Wildman–Crippen LogP) is -2.68. The van der Waals surface area contributed by atoms with Gasteiger partial charge in [-0.2, -0.15) is 0 Å². The van der Waals surface area contributed by atoms with Gasteiger partial charge in [-0.15, -0.1) is 0 Å².